The van der Waals surface area contributed by atoms with Crippen LogP contribution < -0.4 is 0 Å². The Morgan fingerprint density at radius 3 is 1.71 bits per heavy atom. The van der Waals surface area contributed by atoms with Crippen molar-refractivity contribution in [3.8, 4) is 44.5 Å². The molecule has 236 valence electrons. The number of nitrogens with zero attached hydrogens (tertiary/aromatic N) is 1. The molecule has 1 nitrogen and oxygen atoms in total. The first kappa shape index (κ1) is 28.3. The summed E-state index contributed by atoms with van der Waals surface area (Å²) in [6, 6.07) is 66.9. The molecule has 1 heterocycles. The van der Waals surface area contributed by atoms with Crippen molar-refractivity contribution < 1.29 is 0 Å². The Labute approximate surface area is 296 Å². The Morgan fingerprint density at radius 2 is 0.922 bits per heavy atom. The third kappa shape index (κ3) is 4.25. The molecule has 9 aromatic carbocycles. The molecule has 51 heavy (non-hydrogen) atoms. The molecule has 0 amide bonds. The number of rotatable bonds is 3. The molecule has 0 N–H and O–H groups in total. The summed E-state index contributed by atoms with van der Waals surface area (Å²) in [7, 11) is 0. The van der Waals surface area contributed by atoms with Gasteiger partial charge in [0.05, 0.1) is 17.3 Å². The van der Waals surface area contributed by atoms with E-state index in [0.717, 1.165) is 11.4 Å². The molecular formula is C50H31N. The Morgan fingerprint density at radius 1 is 0.333 bits per heavy atom. The van der Waals surface area contributed by atoms with Crippen molar-refractivity contribution in [2.45, 2.75) is 5.92 Å². The summed E-state index contributed by atoms with van der Waals surface area (Å²) < 4.78 is 0. The second-order valence-electron chi connectivity index (χ2n) is 13.8. The molecule has 0 bridgehead atoms. The lowest BCUT2D eigenvalue weighted by Crippen LogP contribution is -2.18. The first-order valence-corrected chi connectivity index (χ1v) is 17.7. The summed E-state index contributed by atoms with van der Waals surface area (Å²) in [5.74, 6) is 0.176. The number of para-hydroxylation sites is 1. The summed E-state index contributed by atoms with van der Waals surface area (Å²) in [6.07, 6.45) is 0. The largest absolute Gasteiger partial charge is 0.251 e. The molecule has 1 heteroatoms. The molecule has 0 radical (unpaired) electrons. The normalized spacial score (nSPS) is 14.2. The van der Waals surface area contributed by atoms with Crippen LogP contribution in [0, 0.1) is 0 Å². The van der Waals surface area contributed by atoms with Gasteiger partial charge in [-0.2, -0.15) is 0 Å². The topological polar surface area (TPSA) is 12.4 Å². The van der Waals surface area contributed by atoms with E-state index in [0.29, 0.717) is 0 Å². The van der Waals surface area contributed by atoms with Gasteiger partial charge in [0, 0.05) is 5.56 Å². The minimum atomic E-state index is 0.176. The van der Waals surface area contributed by atoms with Crippen LogP contribution in [0.4, 0.5) is 5.69 Å². The van der Waals surface area contributed by atoms with E-state index in [1.165, 1.54) is 93.5 Å². The van der Waals surface area contributed by atoms with Crippen LogP contribution in [0.25, 0.3) is 76.8 Å². The minimum absolute atomic E-state index is 0.176. The average molecular weight is 646 g/mol. The Kier molecular flexibility index (Phi) is 6.08. The highest BCUT2D eigenvalue weighted by molar-refractivity contribution is 6.22. The van der Waals surface area contributed by atoms with Crippen molar-refractivity contribution in [3.05, 3.63) is 199 Å². The summed E-state index contributed by atoms with van der Waals surface area (Å²) in [5.41, 5.74) is 16.1. The molecular weight excluding hydrogens is 615 g/mol. The molecule has 0 saturated carbocycles. The number of hydrogen-bond donors (Lipinski definition) is 0. The summed E-state index contributed by atoms with van der Waals surface area (Å²) in [4.78, 5) is 5.20. The fourth-order valence-corrected chi connectivity index (χ4v) is 8.82. The monoisotopic (exact) mass is 645 g/mol. The maximum Gasteiger partial charge on any atom is 0.0675 e. The van der Waals surface area contributed by atoms with Crippen molar-refractivity contribution in [3.63, 3.8) is 0 Å². The Bertz CT molecular complexity index is 2910. The second-order valence-corrected chi connectivity index (χ2v) is 13.8. The van der Waals surface area contributed by atoms with E-state index in [4.69, 9.17) is 4.99 Å². The van der Waals surface area contributed by atoms with E-state index < -0.39 is 0 Å². The molecule has 2 aliphatic rings. The molecule has 0 aromatic heterocycles. The van der Waals surface area contributed by atoms with Crippen molar-refractivity contribution in [2.75, 3.05) is 0 Å². The molecule has 1 aliphatic carbocycles. The fraction of sp³-hybridized carbons (Fsp3) is 0.0200. The van der Waals surface area contributed by atoms with Gasteiger partial charge in [0.15, 0.2) is 0 Å². The zero-order chi connectivity index (χ0) is 33.5. The lowest BCUT2D eigenvalue weighted by atomic mass is 9.75. The third-order valence-corrected chi connectivity index (χ3v) is 11.1. The van der Waals surface area contributed by atoms with Crippen molar-refractivity contribution in [1.29, 1.82) is 0 Å². The van der Waals surface area contributed by atoms with Gasteiger partial charge in [-0.05, 0) is 118 Å². The SMILES string of the molecule is c1ccc(-c2c3ccccc3cc3c(-c4cccc(-c5ccc6c(c5)-c5ccccc5[C@@H]5C6=Nc6ccccc65)c4)c4ccccc4cc23)cc1. The molecule has 0 fully saturated rings. The summed E-state index contributed by atoms with van der Waals surface area (Å²) in [6.45, 7) is 0. The van der Waals surface area contributed by atoms with Crippen LogP contribution in [0.3, 0.4) is 0 Å². The van der Waals surface area contributed by atoms with Crippen LogP contribution in [-0.2, 0) is 0 Å². The quantitative estimate of drug-likeness (QED) is 0.170. The van der Waals surface area contributed by atoms with E-state index in [1.807, 2.05) is 0 Å². The average Bonchev–Trinajstić information content (AvgIpc) is 3.59. The van der Waals surface area contributed by atoms with Crippen LogP contribution in [-0.4, -0.2) is 5.71 Å². The fourth-order valence-electron chi connectivity index (χ4n) is 8.82. The Balaban J connectivity index is 1.13. The predicted molar refractivity (Wildman–Crippen MR) is 215 cm³/mol. The number of aliphatic imine (C=N–C) groups is 1. The first-order chi connectivity index (χ1) is 25.3. The smallest absolute Gasteiger partial charge is 0.0675 e. The van der Waals surface area contributed by atoms with Crippen LogP contribution >= 0.6 is 0 Å². The van der Waals surface area contributed by atoms with Crippen molar-refractivity contribution in [2.24, 2.45) is 4.99 Å². The number of fused-ring (bicyclic) bond motifs is 11. The summed E-state index contributed by atoms with van der Waals surface area (Å²) in [5, 5.41) is 7.58. The maximum absolute atomic E-state index is 5.20. The molecule has 1 aliphatic heterocycles. The van der Waals surface area contributed by atoms with Gasteiger partial charge >= 0.3 is 0 Å². The van der Waals surface area contributed by atoms with Gasteiger partial charge in [-0.15, -0.1) is 0 Å². The molecule has 11 rings (SSSR count). The predicted octanol–water partition coefficient (Wildman–Crippen LogP) is 13.4. The van der Waals surface area contributed by atoms with Gasteiger partial charge < -0.3 is 0 Å². The lowest BCUT2D eigenvalue weighted by molar-refractivity contribution is 1.10. The van der Waals surface area contributed by atoms with E-state index >= 15 is 0 Å². The summed E-state index contributed by atoms with van der Waals surface area (Å²) >= 11 is 0. The van der Waals surface area contributed by atoms with Gasteiger partial charge in [-0.3, -0.25) is 4.99 Å². The van der Waals surface area contributed by atoms with Gasteiger partial charge in [-0.25, -0.2) is 0 Å². The van der Waals surface area contributed by atoms with E-state index in [2.05, 4.69) is 182 Å². The lowest BCUT2D eigenvalue weighted by Gasteiger charge is -2.27. The first-order valence-electron chi connectivity index (χ1n) is 17.7. The highest BCUT2D eigenvalue weighted by Gasteiger charge is 2.36. The van der Waals surface area contributed by atoms with Gasteiger partial charge in [0.2, 0.25) is 0 Å². The van der Waals surface area contributed by atoms with Crippen LogP contribution in [0.5, 0.6) is 0 Å². The van der Waals surface area contributed by atoms with Gasteiger partial charge in [0.25, 0.3) is 0 Å². The van der Waals surface area contributed by atoms with Crippen LogP contribution in [0.2, 0.25) is 0 Å². The van der Waals surface area contributed by atoms with Crippen LogP contribution in [0.1, 0.15) is 22.6 Å². The van der Waals surface area contributed by atoms with Crippen molar-refractivity contribution in [1.82, 2.24) is 0 Å². The molecule has 0 saturated heterocycles. The van der Waals surface area contributed by atoms with Gasteiger partial charge in [-0.1, -0.05) is 152 Å². The number of hydrogen-bond acceptors (Lipinski definition) is 1. The van der Waals surface area contributed by atoms with Crippen LogP contribution in [0.15, 0.2) is 187 Å². The standard InChI is InChI=1S/C50H31N/c1-2-13-31(14-3-1)47-37-19-6-4-15-34(37)30-45-44(47)29-35-16-5-7-20-38(35)48(45)36-18-12-17-32(27-36)33-25-26-41-43(28-33)39-21-8-9-22-40(39)49-42-23-10-11-24-46(42)51-50(41)49/h1-30,49H/t49-/m0/s1. The third-order valence-electron chi connectivity index (χ3n) is 11.1. The molecule has 0 unspecified atom stereocenters. The number of benzene rings is 9. The minimum Gasteiger partial charge on any atom is -0.251 e. The zero-order valence-electron chi connectivity index (χ0n) is 27.8. The molecule has 1 atom stereocenters. The highest BCUT2D eigenvalue weighted by Crippen LogP contribution is 2.50. The van der Waals surface area contributed by atoms with Crippen molar-refractivity contribution >= 4 is 43.7 Å². The Hall–Kier alpha value is -6.57. The molecule has 9 aromatic rings. The molecule has 0 spiro atoms. The van der Waals surface area contributed by atoms with Gasteiger partial charge in [0.1, 0.15) is 0 Å². The van der Waals surface area contributed by atoms with E-state index in [9.17, 15) is 0 Å². The van der Waals surface area contributed by atoms with E-state index in [-0.39, 0.29) is 5.92 Å². The maximum atomic E-state index is 5.20. The zero-order valence-corrected chi connectivity index (χ0v) is 27.8. The van der Waals surface area contributed by atoms with E-state index in [1.54, 1.807) is 0 Å². The highest BCUT2D eigenvalue weighted by atomic mass is 14.8. The second kappa shape index (κ2) is 11.0.